The Morgan fingerprint density at radius 1 is 1.26 bits per heavy atom. The number of nitrogens with zero attached hydrogens (tertiary/aromatic N) is 5. The zero-order chi connectivity index (χ0) is 22.5. The molecule has 10 heteroatoms. The average Bonchev–Trinajstić information content (AvgIpc) is 3.07. The first-order valence-corrected chi connectivity index (χ1v) is 10.1. The molecule has 1 aromatic carbocycles. The van der Waals surface area contributed by atoms with E-state index in [4.69, 9.17) is 22.1 Å². The number of rotatable bonds is 3. The molecule has 0 saturated carbocycles. The molecule has 3 heterocycles. The van der Waals surface area contributed by atoms with E-state index in [1.165, 1.54) is 13.3 Å². The minimum atomic E-state index is -0.974. The smallest absolute Gasteiger partial charge is 0.252 e. The molecule has 2 N–H and O–H groups in total. The van der Waals surface area contributed by atoms with Gasteiger partial charge in [0.1, 0.15) is 23.1 Å². The summed E-state index contributed by atoms with van der Waals surface area (Å²) in [5.74, 6) is 0.502. The second-order valence-corrected chi connectivity index (χ2v) is 8.26. The SMILES string of the molecule is COc1ccc(-c2cc(Cl)c3c(N)ncnn23)cc1N1CCN(C(C)=O)C(C)(C)C1=O. The maximum Gasteiger partial charge on any atom is 0.252 e. The molecule has 0 unspecified atom stereocenters. The Balaban J connectivity index is 1.83. The first-order valence-electron chi connectivity index (χ1n) is 9.73. The molecule has 2 amide bonds. The summed E-state index contributed by atoms with van der Waals surface area (Å²) in [6, 6.07) is 7.26. The predicted molar refractivity (Wildman–Crippen MR) is 118 cm³/mol. The van der Waals surface area contributed by atoms with Crippen LogP contribution in [0.5, 0.6) is 5.75 Å². The number of hydrogen-bond acceptors (Lipinski definition) is 6. The fourth-order valence-corrected chi connectivity index (χ4v) is 4.38. The fourth-order valence-electron chi connectivity index (χ4n) is 4.10. The molecule has 0 bridgehead atoms. The summed E-state index contributed by atoms with van der Waals surface area (Å²) in [5.41, 5.74) is 7.59. The van der Waals surface area contributed by atoms with Crippen molar-refractivity contribution in [2.75, 3.05) is 30.8 Å². The molecule has 0 spiro atoms. The van der Waals surface area contributed by atoms with Crippen LogP contribution >= 0.6 is 11.6 Å². The van der Waals surface area contributed by atoms with Crippen LogP contribution in [0.1, 0.15) is 20.8 Å². The summed E-state index contributed by atoms with van der Waals surface area (Å²) in [7, 11) is 1.55. The Morgan fingerprint density at radius 3 is 2.68 bits per heavy atom. The standard InChI is InChI=1S/C21H23ClN6O3/c1-12(29)27-8-7-26(20(30)21(27,2)3)16-9-13(5-6-17(16)31-4)15-10-14(22)18-19(23)24-11-25-28(15)18/h5-6,9-11H,7-8H2,1-4H3,(H2,23,24,25). The first-order chi connectivity index (χ1) is 14.7. The Kier molecular flexibility index (Phi) is 5.01. The number of methoxy groups -OCH3 is 1. The summed E-state index contributed by atoms with van der Waals surface area (Å²) in [6.45, 7) is 5.75. The highest BCUT2D eigenvalue weighted by atomic mass is 35.5. The van der Waals surface area contributed by atoms with Crippen molar-refractivity contribution in [3.63, 3.8) is 0 Å². The summed E-state index contributed by atoms with van der Waals surface area (Å²) < 4.78 is 7.16. The lowest BCUT2D eigenvalue weighted by atomic mass is 9.96. The second kappa shape index (κ2) is 7.42. The van der Waals surface area contributed by atoms with E-state index < -0.39 is 5.54 Å². The van der Waals surface area contributed by atoms with Gasteiger partial charge in [0.05, 0.1) is 23.5 Å². The monoisotopic (exact) mass is 442 g/mol. The summed E-state index contributed by atoms with van der Waals surface area (Å²) in [6.07, 6.45) is 1.36. The van der Waals surface area contributed by atoms with Gasteiger partial charge in [-0.25, -0.2) is 9.50 Å². The number of piperazine rings is 1. The number of halogens is 1. The number of ether oxygens (including phenoxy) is 1. The fraction of sp³-hybridized carbons (Fsp3) is 0.333. The predicted octanol–water partition coefficient (Wildman–Crippen LogP) is 2.61. The number of hydrogen-bond donors (Lipinski definition) is 1. The van der Waals surface area contributed by atoms with Gasteiger partial charge in [0.15, 0.2) is 5.82 Å². The van der Waals surface area contributed by atoms with Crippen LogP contribution in [0.25, 0.3) is 16.8 Å². The van der Waals surface area contributed by atoms with Gasteiger partial charge in [-0.2, -0.15) is 5.10 Å². The van der Waals surface area contributed by atoms with Crippen molar-refractivity contribution in [3.05, 3.63) is 35.6 Å². The van der Waals surface area contributed by atoms with Crippen molar-refractivity contribution in [1.82, 2.24) is 19.5 Å². The molecule has 1 aliphatic rings. The first kappa shape index (κ1) is 20.9. The van der Waals surface area contributed by atoms with E-state index in [-0.39, 0.29) is 17.6 Å². The number of benzene rings is 1. The van der Waals surface area contributed by atoms with Crippen LogP contribution in [0.2, 0.25) is 5.02 Å². The van der Waals surface area contributed by atoms with Crippen LogP contribution in [0.4, 0.5) is 11.5 Å². The van der Waals surface area contributed by atoms with Crippen LogP contribution in [0.15, 0.2) is 30.6 Å². The highest BCUT2D eigenvalue weighted by Gasteiger charge is 2.44. The quantitative estimate of drug-likeness (QED) is 0.668. The molecule has 162 valence electrons. The minimum Gasteiger partial charge on any atom is -0.495 e. The van der Waals surface area contributed by atoms with E-state index in [0.29, 0.717) is 40.8 Å². The number of fused-ring (bicyclic) bond motifs is 1. The number of carbonyl (C=O) groups excluding carboxylic acids is 2. The lowest BCUT2D eigenvalue weighted by Crippen LogP contribution is -2.64. The van der Waals surface area contributed by atoms with Crippen molar-refractivity contribution < 1.29 is 14.3 Å². The van der Waals surface area contributed by atoms with Gasteiger partial charge in [-0.1, -0.05) is 11.6 Å². The highest BCUT2D eigenvalue weighted by Crippen LogP contribution is 2.38. The van der Waals surface area contributed by atoms with Gasteiger partial charge in [-0.3, -0.25) is 9.59 Å². The molecule has 1 saturated heterocycles. The molecule has 2 aromatic heterocycles. The van der Waals surface area contributed by atoms with Gasteiger partial charge in [-0.05, 0) is 38.1 Å². The van der Waals surface area contributed by atoms with E-state index in [1.807, 2.05) is 12.1 Å². The van der Waals surface area contributed by atoms with E-state index in [1.54, 1.807) is 47.4 Å². The average molecular weight is 443 g/mol. The minimum absolute atomic E-state index is 0.134. The summed E-state index contributed by atoms with van der Waals surface area (Å²) >= 11 is 6.38. The van der Waals surface area contributed by atoms with Crippen molar-refractivity contribution in [3.8, 4) is 17.0 Å². The van der Waals surface area contributed by atoms with Gasteiger partial charge in [0, 0.05) is 25.6 Å². The van der Waals surface area contributed by atoms with Crippen LogP contribution in [0, 0.1) is 0 Å². The van der Waals surface area contributed by atoms with Crippen molar-refractivity contribution >= 4 is 40.4 Å². The molecular formula is C21H23ClN6O3. The van der Waals surface area contributed by atoms with Crippen molar-refractivity contribution in [2.45, 2.75) is 26.3 Å². The lowest BCUT2D eigenvalue weighted by Gasteiger charge is -2.45. The molecule has 0 atom stereocenters. The van der Waals surface area contributed by atoms with Gasteiger partial charge in [0.25, 0.3) is 5.91 Å². The Morgan fingerprint density at radius 2 is 2.00 bits per heavy atom. The van der Waals surface area contributed by atoms with Gasteiger partial charge in [0.2, 0.25) is 5.91 Å². The van der Waals surface area contributed by atoms with E-state index >= 15 is 0 Å². The highest BCUT2D eigenvalue weighted by molar-refractivity contribution is 6.35. The second-order valence-electron chi connectivity index (χ2n) is 7.86. The van der Waals surface area contributed by atoms with Crippen molar-refractivity contribution in [1.29, 1.82) is 0 Å². The van der Waals surface area contributed by atoms with Gasteiger partial charge >= 0.3 is 0 Å². The van der Waals surface area contributed by atoms with Crippen LogP contribution in [-0.4, -0.2) is 57.1 Å². The van der Waals surface area contributed by atoms with Crippen LogP contribution in [-0.2, 0) is 9.59 Å². The topological polar surface area (TPSA) is 106 Å². The number of nitrogens with two attached hydrogens (primary N) is 1. The number of anilines is 2. The third kappa shape index (κ3) is 3.25. The van der Waals surface area contributed by atoms with Crippen LogP contribution < -0.4 is 15.4 Å². The van der Waals surface area contributed by atoms with Gasteiger partial charge in [-0.15, -0.1) is 0 Å². The van der Waals surface area contributed by atoms with Crippen LogP contribution in [0.3, 0.4) is 0 Å². The molecule has 31 heavy (non-hydrogen) atoms. The van der Waals surface area contributed by atoms with E-state index in [0.717, 1.165) is 5.56 Å². The Labute approximate surface area is 184 Å². The summed E-state index contributed by atoms with van der Waals surface area (Å²) in [5, 5.41) is 4.70. The molecule has 3 aromatic rings. The molecule has 0 aliphatic carbocycles. The molecule has 1 aliphatic heterocycles. The Bertz CT molecular complexity index is 1210. The zero-order valence-corrected chi connectivity index (χ0v) is 18.5. The third-order valence-corrected chi connectivity index (χ3v) is 5.96. The molecule has 9 nitrogen and oxygen atoms in total. The summed E-state index contributed by atoms with van der Waals surface area (Å²) in [4.78, 5) is 32.6. The number of nitrogen functional groups attached to an aromatic ring is 1. The maximum atomic E-state index is 13.4. The molecule has 4 rings (SSSR count). The molecular weight excluding hydrogens is 420 g/mol. The Hall–Kier alpha value is -3.33. The molecule has 0 radical (unpaired) electrons. The third-order valence-electron chi connectivity index (χ3n) is 5.67. The number of aromatic nitrogens is 3. The van der Waals surface area contributed by atoms with Crippen molar-refractivity contribution in [2.24, 2.45) is 0 Å². The number of amides is 2. The normalized spacial score (nSPS) is 16.1. The largest absolute Gasteiger partial charge is 0.495 e. The van der Waals surface area contributed by atoms with E-state index in [9.17, 15) is 9.59 Å². The van der Waals surface area contributed by atoms with E-state index in [2.05, 4.69) is 10.1 Å². The molecule has 1 fully saturated rings. The number of carbonyl (C=O) groups is 2. The zero-order valence-electron chi connectivity index (χ0n) is 17.7. The maximum absolute atomic E-state index is 13.4. The van der Waals surface area contributed by atoms with Gasteiger partial charge < -0.3 is 20.3 Å². The lowest BCUT2D eigenvalue weighted by molar-refractivity contribution is -0.145.